The molecule has 7 nitrogen and oxygen atoms in total. The zero-order valence-corrected chi connectivity index (χ0v) is 11.3. The summed E-state index contributed by atoms with van der Waals surface area (Å²) in [6.07, 6.45) is -0.221. The molecule has 0 heterocycles. The molecule has 1 N–H and O–H groups in total. The summed E-state index contributed by atoms with van der Waals surface area (Å²) in [5.74, 6) is -1.63. The number of aliphatic carboxylic acids is 1. The predicted molar refractivity (Wildman–Crippen MR) is 72.5 cm³/mol. The summed E-state index contributed by atoms with van der Waals surface area (Å²) >= 11 is 0. The van der Waals surface area contributed by atoms with Crippen LogP contribution in [0.4, 0.5) is 11.4 Å². The van der Waals surface area contributed by atoms with Crippen molar-refractivity contribution in [1.29, 1.82) is 0 Å². The maximum Gasteiger partial charge on any atom is 0.305 e. The summed E-state index contributed by atoms with van der Waals surface area (Å²) in [6, 6.07) is 5.60. The van der Waals surface area contributed by atoms with Gasteiger partial charge in [0.2, 0.25) is 5.91 Å². The molecule has 0 spiro atoms. The number of nitro groups is 1. The lowest BCUT2D eigenvalue weighted by atomic mass is 10.1. The van der Waals surface area contributed by atoms with Gasteiger partial charge < -0.3 is 10.0 Å². The maximum atomic E-state index is 12.1. The van der Waals surface area contributed by atoms with Crippen LogP contribution < -0.4 is 4.90 Å². The number of non-ortho nitro benzene ring substituents is 1. The molecule has 1 aromatic carbocycles. The first-order valence-corrected chi connectivity index (χ1v) is 6.10. The number of rotatable bonds is 6. The van der Waals surface area contributed by atoms with Gasteiger partial charge in [0, 0.05) is 24.6 Å². The number of hydrogen-bond acceptors (Lipinski definition) is 4. The summed E-state index contributed by atoms with van der Waals surface area (Å²) in [6.45, 7) is 3.36. The van der Waals surface area contributed by atoms with E-state index in [-0.39, 0.29) is 30.5 Å². The van der Waals surface area contributed by atoms with E-state index in [4.69, 9.17) is 5.11 Å². The highest BCUT2D eigenvalue weighted by molar-refractivity contribution is 5.95. The number of carboxylic acids is 1. The lowest BCUT2D eigenvalue weighted by Gasteiger charge is -2.23. The number of carbonyl (C=O) groups is 2. The van der Waals surface area contributed by atoms with Gasteiger partial charge in [-0.1, -0.05) is 19.9 Å². The number of benzene rings is 1. The van der Waals surface area contributed by atoms with Crippen molar-refractivity contribution in [3.63, 3.8) is 0 Å². The molecule has 1 rings (SSSR count). The van der Waals surface area contributed by atoms with Crippen molar-refractivity contribution in [2.24, 2.45) is 5.92 Å². The Hall–Kier alpha value is -2.44. The molecular formula is C13H16N2O5. The minimum atomic E-state index is -1.03. The Balaban J connectivity index is 3.08. The molecule has 20 heavy (non-hydrogen) atoms. The Labute approximate surface area is 116 Å². The standard InChI is InChI=1S/C13H16N2O5/c1-9(2)13(18)14(7-6-12(16)17)10-4-3-5-11(8-10)15(19)20/h3-5,8-9H,6-7H2,1-2H3,(H,16,17). The first-order chi connectivity index (χ1) is 9.32. The first kappa shape index (κ1) is 15.6. The summed E-state index contributed by atoms with van der Waals surface area (Å²) in [5, 5.41) is 19.5. The molecule has 0 saturated heterocycles. The first-order valence-electron chi connectivity index (χ1n) is 6.10. The van der Waals surface area contributed by atoms with Crippen molar-refractivity contribution in [3.8, 4) is 0 Å². The van der Waals surface area contributed by atoms with Gasteiger partial charge in [-0.05, 0) is 6.07 Å². The average molecular weight is 280 g/mol. The lowest BCUT2D eigenvalue weighted by molar-refractivity contribution is -0.384. The summed E-state index contributed by atoms with van der Waals surface area (Å²) < 4.78 is 0. The summed E-state index contributed by atoms with van der Waals surface area (Å²) in [5.41, 5.74) is 0.193. The highest BCUT2D eigenvalue weighted by Crippen LogP contribution is 2.22. The molecule has 0 atom stereocenters. The van der Waals surface area contributed by atoms with Crippen LogP contribution in [0.5, 0.6) is 0 Å². The quantitative estimate of drug-likeness (QED) is 0.635. The van der Waals surface area contributed by atoms with E-state index in [9.17, 15) is 19.7 Å². The number of hydrogen-bond donors (Lipinski definition) is 1. The molecule has 0 radical (unpaired) electrons. The number of carboxylic acid groups (broad SMARTS) is 1. The van der Waals surface area contributed by atoms with E-state index in [1.165, 1.54) is 23.1 Å². The molecule has 7 heteroatoms. The second-order valence-corrected chi connectivity index (χ2v) is 4.57. The zero-order valence-electron chi connectivity index (χ0n) is 11.3. The zero-order chi connectivity index (χ0) is 15.3. The Morgan fingerprint density at radius 2 is 2.05 bits per heavy atom. The van der Waals surface area contributed by atoms with Gasteiger partial charge in [-0.15, -0.1) is 0 Å². The fourth-order valence-corrected chi connectivity index (χ4v) is 1.66. The van der Waals surface area contributed by atoms with E-state index < -0.39 is 10.9 Å². The smallest absolute Gasteiger partial charge is 0.305 e. The number of nitrogens with zero attached hydrogens (tertiary/aromatic N) is 2. The minimum Gasteiger partial charge on any atom is -0.481 e. The van der Waals surface area contributed by atoms with Crippen molar-refractivity contribution >= 4 is 23.3 Å². The van der Waals surface area contributed by atoms with Crippen molar-refractivity contribution in [2.45, 2.75) is 20.3 Å². The Morgan fingerprint density at radius 1 is 1.40 bits per heavy atom. The van der Waals surface area contributed by atoms with Crippen molar-refractivity contribution in [3.05, 3.63) is 34.4 Å². The molecule has 1 aromatic rings. The number of carbonyl (C=O) groups excluding carboxylic acids is 1. The molecule has 108 valence electrons. The van der Waals surface area contributed by atoms with E-state index in [2.05, 4.69) is 0 Å². The second-order valence-electron chi connectivity index (χ2n) is 4.57. The third-order valence-corrected chi connectivity index (χ3v) is 2.66. The molecular weight excluding hydrogens is 264 g/mol. The lowest BCUT2D eigenvalue weighted by Crippen LogP contribution is -2.36. The van der Waals surface area contributed by atoms with Crippen LogP contribution in [-0.4, -0.2) is 28.5 Å². The van der Waals surface area contributed by atoms with Gasteiger partial charge in [0.15, 0.2) is 0 Å². The monoisotopic (exact) mass is 280 g/mol. The van der Waals surface area contributed by atoms with Crippen LogP contribution in [0.25, 0.3) is 0 Å². The molecule has 0 fully saturated rings. The molecule has 0 unspecified atom stereocenters. The van der Waals surface area contributed by atoms with Gasteiger partial charge in [-0.2, -0.15) is 0 Å². The van der Waals surface area contributed by atoms with Crippen LogP contribution in [0.3, 0.4) is 0 Å². The molecule has 0 aromatic heterocycles. The SMILES string of the molecule is CC(C)C(=O)N(CCC(=O)O)c1cccc([N+](=O)[O-])c1. The molecule has 0 aliphatic rings. The topological polar surface area (TPSA) is 101 Å². The van der Waals surface area contributed by atoms with Gasteiger partial charge in [0.25, 0.3) is 5.69 Å². The maximum absolute atomic E-state index is 12.1. The largest absolute Gasteiger partial charge is 0.481 e. The van der Waals surface area contributed by atoms with Crippen LogP contribution in [-0.2, 0) is 9.59 Å². The van der Waals surface area contributed by atoms with Crippen LogP contribution >= 0.6 is 0 Å². The molecule has 0 aliphatic heterocycles. The highest BCUT2D eigenvalue weighted by atomic mass is 16.6. The van der Waals surface area contributed by atoms with Gasteiger partial charge in [-0.3, -0.25) is 19.7 Å². The van der Waals surface area contributed by atoms with Crippen LogP contribution in [0.15, 0.2) is 24.3 Å². The normalized spacial score (nSPS) is 10.3. The fraction of sp³-hybridized carbons (Fsp3) is 0.385. The molecule has 1 amide bonds. The fourth-order valence-electron chi connectivity index (χ4n) is 1.66. The third-order valence-electron chi connectivity index (χ3n) is 2.66. The van der Waals surface area contributed by atoms with Crippen molar-refractivity contribution in [1.82, 2.24) is 0 Å². The van der Waals surface area contributed by atoms with Gasteiger partial charge in [-0.25, -0.2) is 0 Å². The highest BCUT2D eigenvalue weighted by Gasteiger charge is 2.21. The average Bonchev–Trinajstić information content (AvgIpc) is 2.38. The Morgan fingerprint density at radius 3 is 2.55 bits per heavy atom. The predicted octanol–water partition coefficient (Wildman–Crippen LogP) is 2.06. The van der Waals surface area contributed by atoms with Crippen molar-refractivity contribution in [2.75, 3.05) is 11.4 Å². The number of amides is 1. The number of anilines is 1. The Kier molecular flexibility index (Phi) is 5.19. The van der Waals surface area contributed by atoms with E-state index in [0.29, 0.717) is 5.69 Å². The summed E-state index contributed by atoms with van der Waals surface area (Å²) in [4.78, 5) is 34.2. The van der Waals surface area contributed by atoms with E-state index in [0.717, 1.165) is 0 Å². The van der Waals surface area contributed by atoms with Crippen LogP contribution in [0.1, 0.15) is 20.3 Å². The van der Waals surface area contributed by atoms with E-state index in [1.807, 2.05) is 0 Å². The van der Waals surface area contributed by atoms with E-state index in [1.54, 1.807) is 19.9 Å². The molecule has 0 bridgehead atoms. The summed E-state index contributed by atoms with van der Waals surface area (Å²) in [7, 11) is 0. The van der Waals surface area contributed by atoms with Crippen molar-refractivity contribution < 1.29 is 19.6 Å². The van der Waals surface area contributed by atoms with Gasteiger partial charge in [0.05, 0.1) is 17.0 Å². The van der Waals surface area contributed by atoms with Crippen LogP contribution in [0.2, 0.25) is 0 Å². The van der Waals surface area contributed by atoms with Gasteiger partial charge >= 0.3 is 5.97 Å². The second kappa shape index (κ2) is 6.65. The van der Waals surface area contributed by atoms with E-state index >= 15 is 0 Å². The number of nitro benzene ring substituents is 1. The van der Waals surface area contributed by atoms with Gasteiger partial charge in [0.1, 0.15) is 0 Å². The molecule has 0 aliphatic carbocycles. The molecule has 0 saturated carbocycles. The third kappa shape index (κ3) is 4.04. The van der Waals surface area contributed by atoms with Crippen LogP contribution in [0, 0.1) is 16.0 Å². The minimum absolute atomic E-state index is 0.0203. The Bertz CT molecular complexity index is 527.